The molecule has 0 spiro atoms. The fraction of sp³-hybridized carbons (Fsp3) is 0.424. The molecular formula is C33H34O4. The Balaban J connectivity index is 1.45. The van der Waals surface area contributed by atoms with Gasteiger partial charge in [-0.15, -0.1) is 0 Å². The van der Waals surface area contributed by atoms with Gasteiger partial charge in [0.25, 0.3) is 0 Å². The summed E-state index contributed by atoms with van der Waals surface area (Å²) in [6.45, 7) is 2.61. The molecule has 0 amide bonds. The molecule has 1 saturated heterocycles. The van der Waals surface area contributed by atoms with Crippen molar-refractivity contribution in [3.63, 3.8) is 0 Å². The van der Waals surface area contributed by atoms with Crippen LogP contribution in [0.2, 0.25) is 0 Å². The summed E-state index contributed by atoms with van der Waals surface area (Å²) in [5.41, 5.74) is 4.19. The van der Waals surface area contributed by atoms with Gasteiger partial charge >= 0.3 is 0 Å². The van der Waals surface area contributed by atoms with E-state index in [2.05, 4.69) is 30.9 Å². The Labute approximate surface area is 219 Å². The molecule has 1 heterocycles. The maximum atomic E-state index is 12.3. The van der Waals surface area contributed by atoms with Crippen molar-refractivity contribution in [3.05, 3.63) is 88.5 Å². The molecule has 2 fully saturated rings. The highest BCUT2D eigenvalue weighted by Crippen LogP contribution is 2.61. The lowest BCUT2D eigenvalue weighted by Crippen LogP contribution is -2.48. The third-order valence-electron chi connectivity index (χ3n) is 9.32. The Morgan fingerprint density at radius 1 is 1.03 bits per heavy atom. The molecule has 4 nitrogen and oxygen atoms in total. The van der Waals surface area contributed by atoms with Crippen molar-refractivity contribution in [2.75, 3.05) is 13.7 Å². The van der Waals surface area contributed by atoms with Crippen LogP contribution < -0.4 is 4.74 Å². The Bertz CT molecular complexity index is 1330. The van der Waals surface area contributed by atoms with E-state index in [1.807, 2.05) is 48.5 Å². The highest BCUT2D eigenvalue weighted by Gasteiger charge is 2.61. The molecule has 0 aromatic heterocycles. The maximum Gasteiger partial charge on any atom is 0.156 e. The fourth-order valence-electron chi connectivity index (χ4n) is 7.23. The summed E-state index contributed by atoms with van der Waals surface area (Å²) in [5, 5.41) is 12.1. The van der Waals surface area contributed by atoms with E-state index in [1.54, 1.807) is 7.11 Å². The molecule has 3 aliphatic carbocycles. The first kappa shape index (κ1) is 24.2. The summed E-state index contributed by atoms with van der Waals surface area (Å²) in [6, 6.07) is 18.0. The molecule has 3 unspecified atom stereocenters. The van der Waals surface area contributed by atoms with Gasteiger partial charge in [-0.1, -0.05) is 49.1 Å². The number of carbonyl (C=O) groups is 1. The molecule has 2 aromatic carbocycles. The number of carbonyl (C=O) groups excluding carboxylic acids is 1. The molecular weight excluding hydrogens is 460 g/mol. The van der Waals surface area contributed by atoms with Crippen molar-refractivity contribution in [2.24, 2.45) is 17.3 Å². The van der Waals surface area contributed by atoms with Gasteiger partial charge in [-0.25, -0.2) is 0 Å². The van der Waals surface area contributed by atoms with Gasteiger partial charge in [-0.2, -0.15) is 0 Å². The SMILES string of the molecule is COc1ccc(C2OC[C@@]3(C)C(CC[C@@]3(O)C#Cc3ccccc3)C3CCC4=CC(=O)CCC4=C23)cc1. The zero-order valence-electron chi connectivity index (χ0n) is 21.6. The minimum absolute atomic E-state index is 0.212. The zero-order chi connectivity index (χ0) is 25.6. The van der Waals surface area contributed by atoms with Crippen molar-refractivity contribution in [1.82, 2.24) is 0 Å². The fourth-order valence-corrected chi connectivity index (χ4v) is 7.23. The van der Waals surface area contributed by atoms with E-state index < -0.39 is 11.0 Å². The predicted molar refractivity (Wildman–Crippen MR) is 143 cm³/mol. The number of ether oxygens (including phenoxy) is 2. The number of allylic oxidation sites excluding steroid dienone is 3. The highest BCUT2D eigenvalue weighted by atomic mass is 16.5. The Kier molecular flexibility index (Phi) is 6.10. The van der Waals surface area contributed by atoms with Gasteiger partial charge in [0.05, 0.1) is 13.7 Å². The molecule has 0 radical (unpaired) electrons. The minimum Gasteiger partial charge on any atom is -0.497 e. The van der Waals surface area contributed by atoms with Crippen molar-refractivity contribution in [2.45, 2.75) is 57.2 Å². The van der Waals surface area contributed by atoms with Gasteiger partial charge in [-0.05, 0) is 96.6 Å². The second-order valence-corrected chi connectivity index (χ2v) is 11.2. The van der Waals surface area contributed by atoms with Crippen LogP contribution in [0.25, 0.3) is 0 Å². The molecule has 190 valence electrons. The van der Waals surface area contributed by atoms with Crippen LogP contribution in [-0.2, 0) is 9.53 Å². The van der Waals surface area contributed by atoms with Crippen LogP contribution in [0.4, 0.5) is 0 Å². The van der Waals surface area contributed by atoms with Gasteiger partial charge in [0.15, 0.2) is 5.78 Å². The molecule has 4 aliphatic rings. The van der Waals surface area contributed by atoms with Crippen LogP contribution >= 0.6 is 0 Å². The third-order valence-corrected chi connectivity index (χ3v) is 9.32. The molecule has 6 rings (SSSR count). The number of methoxy groups -OCH3 is 1. The number of fused-ring (bicyclic) bond motifs is 4. The van der Waals surface area contributed by atoms with Crippen LogP contribution in [0.1, 0.15) is 62.7 Å². The van der Waals surface area contributed by atoms with Gasteiger partial charge < -0.3 is 14.6 Å². The van der Waals surface area contributed by atoms with E-state index in [4.69, 9.17) is 9.47 Å². The number of hydrogen-bond acceptors (Lipinski definition) is 4. The first-order valence-electron chi connectivity index (χ1n) is 13.4. The molecule has 37 heavy (non-hydrogen) atoms. The number of ketones is 1. The molecule has 1 saturated carbocycles. The van der Waals surface area contributed by atoms with Crippen molar-refractivity contribution >= 4 is 5.78 Å². The average Bonchev–Trinajstić information content (AvgIpc) is 3.10. The Morgan fingerprint density at radius 2 is 1.81 bits per heavy atom. The Hall–Kier alpha value is -3.13. The van der Waals surface area contributed by atoms with Gasteiger partial charge in [-0.3, -0.25) is 4.79 Å². The average molecular weight is 495 g/mol. The van der Waals surface area contributed by atoms with E-state index in [1.165, 1.54) is 16.7 Å². The summed E-state index contributed by atoms with van der Waals surface area (Å²) in [4.78, 5) is 12.3. The molecule has 0 bridgehead atoms. The van der Waals surface area contributed by atoms with Crippen molar-refractivity contribution < 1.29 is 19.4 Å². The number of hydrogen-bond donors (Lipinski definition) is 1. The summed E-state index contributed by atoms with van der Waals surface area (Å²) in [6.07, 6.45) is 6.41. The maximum absolute atomic E-state index is 12.3. The lowest BCUT2D eigenvalue weighted by atomic mass is 9.61. The molecule has 1 aliphatic heterocycles. The van der Waals surface area contributed by atoms with Gasteiger partial charge in [0, 0.05) is 17.4 Å². The van der Waals surface area contributed by atoms with E-state index in [9.17, 15) is 9.90 Å². The molecule has 2 aromatic rings. The van der Waals surface area contributed by atoms with Gasteiger partial charge in [0.1, 0.15) is 17.5 Å². The third kappa shape index (κ3) is 4.06. The second-order valence-electron chi connectivity index (χ2n) is 11.2. The number of rotatable bonds is 2. The van der Waals surface area contributed by atoms with Crippen molar-refractivity contribution in [3.8, 4) is 17.6 Å². The first-order valence-corrected chi connectivity index (χ1v) is 13.4. The largest absolute Gasteiger partial charge is 0.497 e. The van der Waals surface area contributed by atoms with Gasteiger partial charge in [0.2, 0.25) is 0 Å². The van der Waals surface area contributed by atoms with Crippen LogP contribution in [0.5, 0.6) is 5.75 Å². The minimum atomic E-state index is -1.13. The Morgan fingerprint density at radius 3 is 2.57 bits per heavy atom. The predicted octanol–water partition coefficient (Wildman–Crippen LogP) is 5.96. The topological polar surface area (TPSA) is 55.8 Å². The van der Waals surface area contributed by atoms with E-state index in [0.717, 1.165) is 42.6 Å². The van der Waals surface area contributed by atoms with E-state index >= 15 is 0 Å². The van der Waals surface area contributed by atoms with Crippen LogP contribution in [-0.4, -0.2) is 30.2 Å². The molecule has 1 N–H and O–H groups in total. The zero-order valence-corrected chi connectivity index (χ0v) is 21.6. The number of benzene rings is 2. The smallest absolute Gasteiger partial charge is 0.156 e. The monoisotopic (exact) mass is 494 g/mol. The van der Waals surface area contributed by atoms with E-state index in [0.29, 0.717) is 19.4 Å². The summed E-state index contributed by atoms with van der Waals surface area (Å²) in [5.74, 6) is 8.14. The van der Waals surface area contributed by atoms with E-state index in [-0.39, 0.29) is 23.7 Å². The molecule has 4 heteroatoms. The quantitative estimate of drug-likeness (QED) is 0.524. The summed E-state index contributed by atoms with van der Waals surface area (Å²) >= 11 is 0. The molecule has 5 atom stereocenters. The van der Waals surface area contributed by atoms with Crippen LogP contribution in [0, 0.1) is 29.1 Å². The second kappa shape index (κ2) is 9.31. The lowest BCUT2D eigenvalue weighted by Gasteiger charge is -2.42. The normalized spacial score (nSPS) is 32.8. The van der Waals surface area contributed by atoms with Crippen LogP contribution in [0.15, 0.2) is 77.4 Å². The van der Waals surface area contributed by atoms with Crippen LogP contribution in [0.3, 0.4) is 0 Å². The lowest BCUT2D eigenvalue weighted by molar-refractivity contribution is -0.114. The standard InChI is InChI=1S/C33H34O4/c1-32-21-37-31(23-8-12-26(36-2)13-9-23)30-27-15-11-25(34)20-24(27)10-14-28(30)29(32)17-19-33(32,35)18-16-22-6-4-3-5-7-22/h3-9,12-13,20,28-29,31,35H,10-11,14-15,17,19,21H2,1-2H3/t28?,29?,31?,32-,33-/m0/s1. The summed E-state index contributed by atoms with van der Waals surface area (Å²) < 4.78 is 12.2. The first-order chi connectivity index (χ1) is 17.9. The highest BCUT2D eigenvalue weighted by molar-refractivity contribution is 5.93. The summed E-state index contributed by atoms with van der Waals surface area (Å²) in [7, 11) is 1.67. The number of aliphatic hydroxyl groups is 1. The van der Waals surface area contributed by atoms with Crippen molar-refractivity contribution in [1.29, 1.82) is 0 Å².